The topological polar surface area (TPSA) is 56.1 Å². The first-order valence-electron chi connectivity index (χ1n) is 7.39. The largest absolute Gasteiger partial charge is 0.493 e. The van der Waals surface area contributed by atoms with Gasteiger partial charge in [-0.2, -0.15) is 5.10 Å². The van der Waals surface area contributed by atoms with Gasteiger partial charge in [-0.1, -0.05) is 12.1 Å². The van der Waals surface area contributed by atoms with Gasteiger partial charge in [0.2, 0.25) is 5.91 Å². The highest BCUT2D eigenvalue weighted by molar-refractivity contribution is 5.91. The van der Waals surface area contributed by atoms with Gasteiger partial charge >= 0.3 is 0 Å². The van der Waals surface area contributed by atoms with Gasteiger partial charge in [-0.3, -0.25) is 9.48 Å². The standard InChI is InChI=1S/C17H23N3O2/c1-11-7-6-8-15(12(11)2)22-10-9-16(21)18-17-13(3)19-20(5)14(17)4/h6-8H,9-10H2,1-5H3,(H,18,21). The molecule has 1 N–H and O–H groups in total. The Morgan fingerprint density at radius 1 is 1.27 bits per heavy atom. The SMILES string of the molecule is Cc1cccc(OCCC(=O)Nc2c(C)nn(C)c2C)c1C. The molecule has 0 aliphatic rings. The zero-order valence-corrected chi connectivity index (χ0v) is 13.9. The molecule has 22 heavy (non-hydrogen) atoms. The summed E-state index contributed by atoms with van der Waals surface area (Å²) in [5.41, 5.74) is 4.86. The first kappa shape index (κ1) is 16.1. The number of carbonyl (C=O) groups excluding carboxylic acids is 1. The van der Waals surface area contributed by atoms with Crippen LogP contribution in [0.3, 0.4) is 0 Å². The van der Waals surface area contributed by atoms with Gasteiger partial charge in [0.15, 0.2) is 0 Å². The number of nitrogens with one attached hydrogen (secondary N) is 1. The molecule has 5 heteroatoms. The highest BCUT2D eigenvalue weighted by Crippen LogP contribution is 2.21. The lowest BCUT2D eigenvalue weighted by atomic mass is 10.1. The minimum Gasteiger partial charge on any atom is -0.493 e. The van der Waals surface area contributed by atoms with Crippen LogP contribution in [0.4, 0.5) is 5.69 Å². The molecule has 1 aromatic carbocycles. The second kappa shape index (κ2) is 6.64. The smallest absolute Gasteiger partial charge is 0.227 e. The molecule has 0 spiro atoms. The summed E-state index contributed by atoms with van der Waals surface area (Å²) in [5, 5.41) is 7.19. The molecule has 0 aliphatic carbocycles. The molecule has 1 heterocycles. The van der Waals surface area contributed by atoms with Crippen molar-refractivity contribution in [3.8, 4) is 5.75 Å². The number of aromatic nitrogens is 2. The molecule has 1 aromatic heterocycles. The number of hydrogen-bond acceptors (Lipinski definition) is 3. The first-order chi connectivity index (χ1) is 10.4. The van der Waals surface area contributed by atoms with Crippen LogP contribution in [0, 0.1) is 27.7 Å². The number of nitrogens with zero attached hydrogens (tertiary/aromatic N) is 2. The molecule has 0 bridgehead atoms. The molecule has 0 aliphatic heterocycles. The van der Waals surface area contributed by atoms with E-state index in [1.807, 2.05) is 52.9 Å². The van der Waals surface area contributed by atoms with E-state index in [2.05, 4.69) is 10.4 Å². The normalized spacial score (nSPS) is 10.6. The number of rotatable bonds is 5. The van der Waals surface area contributed by atoms with Gasteiger partial charge in [0.05, 0.1) is 30.1 Å². The number of amides is 1. The second-order valence-electron chi connectivity index (χ2n) is 5.51. The predicted octanol–water partition coefficient (Wildman–Crippen LogP) is 3.06. The maximum atomic E-state index is 12.0. The molecular weight excluding hydrogens is 278 g/mol. The minimum absolute atomic E-state index is 0.0653. The number of anilines is 1. The first-order valence-corrected chi connectivity index (χ1v) is 7.39. The van der Waals surface area contributed by atoms with E-state index in [0.717, 1.165) is 28.4 Å². The number of hydrogen-bond donors (Lipinski definition) is 1. The van der Waals surface area contributed by atoms with Gasteiger partial charge in [0.1, 0.15) is 5.75 Å². The lowest BCUT2D eigenvalue weighted by molar-refractivity contribution is -0.116. The maximum absolute atomic E-state index is 12.0. The average Bonchev–Trinajstić information content (AvgIpc) is 2.70. The van der Waals surface area contributed by atoms with Crippen LogP contribution in [0.1, 0.15) is 28.9 Å². The Balaban J connectivity index is 1.89. The second-order valence-corrected chi connectivity index (χ2v) is 5.51. The quantitative estimate of drug-likeness (QED) is 0.923. The van der Waals surface area contributed by atoms with Crippen LogP contribution in [-0.2, 0) is 11.8 Å². The van der Waals surface area contributed by atoms with E-state index >= 15 is 0 Å². The van der Waals surface area contributed by atoms with Gasteiger partial charge < -0.3 is 10.1 Å². The van der Waals surface area contributed by atoms with Crippen LogP contribution in [0.25, 0.3) is 0 Å². The van der Waals surface area contributed by atoms with Gasteiger partial charge in [-0.15, -0.1) is 0 Å². The van der Waals surface area contributed by atoms with Gasteiger partial charge in [0, 0.05) is 7.05 Å². The van der Waals surface area contributed by atoms with E-state index in [0.29, 0.717) is 13.0 Å². The van der Waals surface area contributed by atoms with Crippen molar-refractivity contribution in [2.24, 2.45) is 7.05 Å². The fraction of sp³-hybridized carbons (Fsp3) is 0.412. The fourth-order valence-corrected chi connectivity index (χ4v) is 2.29. The summed E-state index contributed by atoms with van der Waals surface area (Å²) in [5.74, 6) is 0.769. The molecule has 1 amide bonds. The summed E-state index contributed by atoms with van der Waals surface area (Å²) in [6.07, 6.45) is 0.307. The van der Waals surface area contributed by atoms with E-state index in [1.54, 1.807) is 4.68 Å². The summed E-state index contributed by atoms with van der Waals surface area (Å²) in [6.45, 7) is 8.24. The lowest BCUT2D eigenvalue weighted by Gasteiger charge is -2.11. The van der Waals surface area contributed by atoms with Crippen LogP contribution < -0.4 is 10.1 Å². The van der Waals surface area contributed by atoms with Crippen molar-refractivity contribution >= 4 is 11.6 Å². The molecular formula is C17H23N3O2. The van der Waals surface area contributed by atoms with Crippen molar-refractivity contribution in [1.29, 1.82) is 0 Å². The Labute approximate surface area is 131 Å². The van der Waals surface area contributed by atoms with Crippen LogP contribution in [-0.4, -0.2) is 22.3 Å². The van der Waals surface area contributed by atoms with Crippen molar-refractivity contribution in [1.82, 2.24) is 9.78 Å². The summed E-state index contributed by atoms with van der Waals surface area (Å²) in [7, 11) is 1.86. The third-order valence-corrected chi connectivity index (χ3v) is 3.92. The van der Waals surface area contributed by atoms with Crippen molar-refractivity contribution in [3.63, 3.8) is 0 Å². The summed E-state index contributed by atoms with van der Waals surface area (Å²) < 4.78 is 7.47. The van der Waals surface area contributed by atoms with Gasteiger partial charge in [0.25, 0.3) is 0 Å². The Bertz CT molecular complexity index is 689. The molecule has 0 radical (unpaired) electrons. The molecule has 2 rings (SSSR count). The van der Waals surface area contributed by atoms with Crippen LogP contribution in [0.5, 0.6) is 5.75 Å². The molecule has 0 atom stereocenters. The lowest BCUT2D eigenvalue weighted by Crippen LogP contribution is -2.16. The zero-order valence-electron chi connectivity index (χ0n) is 13.9. The average molecular weight is 301 g/mol. The fourth-order valence-electron chi connectivity index (χ4n) is 2.29. The molecule has 5 nitrogen and oxygen atoms in total. The third kappa shape index (κ3) is 3.47. The van der Waals surface area contributed by atoms with E-state index in [-0.39, 0.29) is 5.91 Å². The van der Waals surface area contributed by atoms with Gasteiger partial charge in [-0.05, 0) is 44.9 Å². The van der Waals surface area contributed by atoms with E-state index in [9.17, 15) is 4.79 Å². The summed E-state index contributed by atoms with van der Waals surface area (Å²) in [6, 6.07) is 5.93. The van der Waals surface area contributed by atoms with Crippen LogP contribution in [0.15, 0.2) is 18.2 Å². The summed E-state index contributed by atoms with van der Waals surface area (Å²) in [4.78, 5) is 12.0. The highest BCUT2D eigenvalue weighted by atomic mass is 16.5. The Morgan fingerprint density at radius 3 is 2.64 bits per heavy atom. The zero-order chi connectivity index (χ0) is 16.3. The Kier molecular flexibility index (Phi) is 4.85. The molecule has 0 saturated heterocycles. The molecule has 118 valence electrons. The van der Waals surface area contributed by atoms with E-state index < -0.39 is 0 Å². The van der Waals surface area contributed by atoms with Crippen LogP contribution >= 0.6 is 0 Å². The van der Waals surface area contributed by atoms with Crippen molar-refractivity contribution in [2.75, 3.05) is 11.9 Å². The third-order valence-electron chi connectivity index (χ3n) is 3.92. The molecule has 0 saturated carbocycles. The number of ether oxygens (including phenoxy) is 1. The molecule has 0 unspecified atom stereocenters. The van der Waals surface area contributed by atoms with Crippen molar-refractivity contribution in [2.45, 2.75) is 34.1 Å². The van der Waals surface area contributed by atoms with E-state index in [1.165, 1.54) is 5.56 Å². The predicted molar refractivity (Wildman–Crippen MR) is 87.3 cm³/mol. The maximum Gasteiger partial charge on any atom is 0.227 e. The number of benzene rings is 1. The van der Waals surface area contributed by atoms with Crippen molar-refractivity contribution in [3.05, 3.63) is 40.7 Å². The summed E-state index contributed by atoms with van der Waals surface area (Å²) >= 11 is 0. The van der Waals surface area contributed by atoms with E-state index in [4.69, 9.17) is 4.74 Å². The Morgan fingerprint density at radius 2 is 2.00 bits per heavy atom. The number of aryl methyl sites for hydroxylation is 3. The molecule has 0 fully saturated rings. The van der Waals surface area contributed by atoms with Crippen LogP contribution in [0.2, 0.25) is 0 Å². The molecule has 2 aromatic rings. The Hall–Kier alpha value is -2.30. The monoisotopic (exact) mass is 301 g/mol. The minimum atomic E-state index is -0.0653. The number of carbonyl (C=O) groups is 1. The highest BCUT2D eigenvalue weighted by Gasteiger charge is 2.12. The van der Waals surface area contributed by atoms with Gasteiger partial charge in [-0.25, -0.2) is 0 Å². The van der Waals surface area contributed by atoms with Crippen molar-refractivity contribution < 1.29 is 9.53 Å².